The third-order valence-corrected chi connectivity index (χ3v) is 3.72. The van der Waals surface area contributed by atoms with Gasteiger partial charge in [-0.1, -0.05) is 6.07 Å². The summed E-state index contributed by atoms with van der Waals surface area (Å²) < 4.78 is 53.5. The van der Waals surface area contributed by atoms with Gasteiger partial charge in [0.1, 0.15) is 12.3 Å². The number of carbonyl (C=O) groups is 1. The van der Waals surface area contributed by atoms with Crippen molar-refractivity contribution in [3.8, 4) is 22.9 Å². The lowest BCUT2D eigenvalue weighted by atomic mass is 10.1. The van der Waals surface area contributed by atoms with E-state index in [2.05, 4.69) is 25.3 Å². The van der Waals surface area contributed by atoms with E-state index in [1.54, 1.807) is 17.6 Å². The third kappa shape index (κ3) is 4.62. The molecule has 9 nitrogen and oxygen atoms in total. The number of anilines is 2. The van der Waals surface area contributed by atoms with Crippen LogP contribution in [0.4, 0.5) is 20.2 Å². The van der Waals surface area contributed by atoms with Crippen molar-refractivity contribution < 1.29 is 22.4 Å². The van der Waals surface area contributed by atoms with Crippen LogP contribution in [0.2, 0.25) is 0 Å². The van der Waals surface area contributed by atoms with E-state index in [-0.39, 0.29) is 29.4 Å². The van der Waals surface area contributed by atoms with Crippen molar-refractivity contribution in [2.45, 2.75) is 13.2 Å². The Labute approximate surface area is 168 Å². The molecule has 1 aromatic carbocycles. The number of hydrogen-bond acceptors (Lipinski definition) is 7. The second-order valence-corrected chi connectivity index (χ2v) is 5.55. The summed E-state index contributed by atoms with van der Waals surface area (Å²) in [6.07, 6.45) is 4.28. The van der Waals surface area contributed by atoms with Crippen LogP contribution in [0.15, 0.2) is 42.9 Å². The van der Waals surface area contributed by atoms with E-state index in [1.807, 2.05) is 6.07 Å². The molecule has 0 unspecified atom stereocenters. The number of nitrogens with one attached hydrogen (secondary N) is 2. The van der Waals surface area contributed by atoms with Crippen molar-refractivity contribution in [3.63, 3.8) is 0 Å². The molecule has 2 heterocycles. The smallest absolute Gasteiger partial charge is 0.387 e. The minimum Gasteiger partial charge on any atom is -0.433 e. The van der Waals surface area contributed by atoms with Crippen LogP contribution < -0.4 is 15.4 Å². The molecular weight excluding hydrogens is 384 g/mol. The number of alkyl halides is 2. The molecule has 1 amide bonds. The summed E-state index contributed by atoms with van der Waals surface area (Å²) in [6, 6.07) is 7.62. The molecule has 0 radical (unpaired) electrons. The van der Waals surface area contributed by atoms with E-state index in [1.165, 1.54) is 35.3 Å². The molecule has 29 heavy (non-hydrogen) atoms. The first-order chi connectivity index (χ1) is 15.2. The maximum Gasteiger partial charge on any atom is 0.387 e. The van der Waals surface area contributed by atoms with Crippen LogP contribution in [-0.4, -0.2) is 39.5 Å². The maximum absolute atomic E-state index is 13.0. The van der Waals surface area contributed by atoms with Crippen LogP contribution in [0.5, 0.6) is 5.75 Å². The highest BCUT2D eigenvalue weighted by molar-refractivity contribution is 5.98. The first-order valence-corrected chi connectivity index (χ1v) is 8.06. The zero-order valence-electron chi connectivity index (χ0n) is 17.6. The van der Waals surface area contributed by atoms with Crippen molar-refractivity contribution in [3.05, 3.63) is 48.5 Å². The molecule has 3 rings (SSSR count). The molecular formula is C18H15F2N7O2. The Hall–Kier alpha value is -4.07. The second-order valence-electron chi connectivity index (χ2n) is 5.55. The number of benzene rings is 1. The molecule has 148 valence electrons. The van der Waals surface area contributed by atoms with Gasteiger partial charge >= 0.3 is 6.61 Å². The summed E-state index contributed by atoms with van der Waals surface area (Å²) in [5.41, 5.74) is 0.788. The van der Waals surface area contributed by atoms with E-state index < -0.39 is 19.5 Å². The summed E-state index contributed by atoms with van der Waals surface area (Å²) in [7, 11) is 0. The number of hydrogen-bond donors (Lipinski definition) is 2. The van der Waals surface area contributed by atoms with Gasteiger partial charge in [0.15, 0.2) is 5.69 Å². The summed E-state index contributed by atoms with van der Waals surface area (Å²) >= 11 is 0. The Morgan fingerprint density at radius 2 is 2.24 bits per heavy atom. The summed E-state index contributed by atoms with van der Waals surface area (Å²) in [4.78, 5) is 12.2. The molecule has 0 aliphatic heterocycles. The van der Waals surface area contributed by atoms with Gasteiger partial charge in [-0.3, -0.25) is 9.48 Å². The van der Waals surface area contributed by atoms with E-state index in [0.717, 1.165) is 0 Å². The second kappa shape index (κ2) is 8.75. The zero-order chi connectivity index (χ0) is 23.3. The van der Waals surface area contributed by atoms with Crippen molar-refractivity contribution in [1.82, 2.24) is 25.3 Å². The number of ether oxygens (including phenoxy) is 1. The molecule has 2 aromatic heterocycles. The van der Waals surface area contributed by atoms with Gasteiger partial charge in [-0.05, 0) is 23.8 Å². The lowest BCUT2D eigenvalue weighted by molar-refractivity contribution is -0.0493. The first kappa shape index (κ1) is 15.9. The molecule has 0 spiro atoms. The van der Waals surface area contributed by atoms with E-state index in [0.29, 0.717) is 11.1 Å². The largest absolute Gasteiger partial charge is 0.433 e. The van der Waals surface area contributed by atoms with Gasteiger partial charge in [0, 0.05) is 22.8 Å². The predicted octanol–water partition coefficient (Wildman–Crippen LogP) is 2.57. The molecule has 0 fully saturated rings. The normalized spacial score (nSPS) is 12.4. The Kier molecular flexibility index (Phi) is 4.81. The monoisotopic (exact) mass is 402 g/mol. The van der Waals surface area contributed by atoms with Crippen molar-refractivity contribution in [2.24, 2.45) is 0 Å². The van der Waals surface area contributed by atoms with Crippen LogP contribution in [-0.2, 0) is 6.54 Å². The molecule has 0 bridgehead atoms. The highest BCUT2D eigenvalue weighted by Gasteiger charge is 2.17. The SMILES string of the molecule is [2H]C([2H])([2H])NC(=O)c1nnccc1Nc1ccc(-c2cnn(CC#N)c2)cc1OC(F)F. The highest BCUT2D eigenvalue weighted by Crippen LogP contribution is 2.34. The summed E-state index contributed by atoms with van der Waals surface area (Å²) in [6.45, 7) is -5.87. The van der Waals surface area contributed by atoms with Gasteiger partial charge in [0.05, 0.1) is 29.8 Å². The predicted molar refractivity (Wildman–Crippen MR) is 98.6 cm³/mol. The Bertz CT molecular complexity index is 1160. The summed E-state index contributed by atoms with van der Waals surface area (Å²) in [5.74, 6) is -1.28. The van der Waals surface area contributed by atoms with Gasteiger partial charge in [0.25, 0.3) is 5.91 Å². The standard InChI is InChI=1S/C18H15F2N7O2/c1-22-17(28)16-14(4-6-23-26-16)25-13-3-2-11(8-15(13)29-18(19)20)12-9-24-27(10-12)7-5-21/h2-4,6,8-10,18H,7H2,1H3,(H,22,28)(H,23,25)/i1D3. The first-order valence-electron chi connectivity index (χ1n) is 9.56. The van der Waals surface area contributed by atoms with E-state index in [9.17, 15) is 13.6 Å². The lowest BCUT2D eigenvalue weighted by Crippen LogP contribution is -2.21. The molecule has 3 aromatic rings. The topological polar surface area (TPSA) is 118 Å². The molecule has 0 aliphatic rings. The quantitative estimate of drug-likeness (QED) is 0.624. The van der Waals surface area contributed by atoms with Gasteiger partial charge in [-0.15, -0.1) is 5.10 Å². The van der Waals surface area contributed by atoms with Crippen LogP contribution >= 0.6 is 0 Å². The molecule has 11 heteroatoms. The molecule has 2 N–H and O–H groups in total. The van der Waals surface area contributed by atoms with Crippen LogP contribution in [0.3, 0.4) is 0 Å². The highest BCUT2D eigenvalue weighted by atomic mass is 19.3. The Morgan fingerprint density at radius 1 is 1.38 bits per heavy atom. The fraction of sp³-hybridized carbons (Fsp3) is 0.167. The number of amides is 1. The number of halogens is 2. The molecule has 0 atom stereocenters. The van der Waals surface area contributed by atoms with Gasteiger partial charge in [-0.2, -0.15) is 24.2 Å². The number of nitriles is 1. The fourth-order valence-electron chi connectivity index (χ4n) is 2.47. The third-order valence-electron chi connectivity index (χ3n) is 3.72. The lowest BCUT2D eigenvalue weighted by Gasteiger charge is -2.15. The average molecular weight is 402 g/mol. The number of rotatable bonds is 7. The molecule has 0 saturated heterocycles. The van der Waals surface area contributed by atoms with Crippen LogP contribution in [0.25, 0.3) is 11.1 Å². The van der Waals surface area contributed by atoms with Crippen molar-refractivity contribution in [1.29, 1.82) is 5.26 Å². The molecule has 0 aliphatic carbocycles. The number of aromatic nitrogens is 4. The Morgan fingerprint density at radius 3 is 3.00 bits per heavy atom. The molecule has 0 saturated carbocycles. The van der Waals surface area contributed by atoms with E-state index in [4.69, 9.17) is 9.37 Å². The van der Waals surface area contributed by atoms with Crippen molar-refractivity contribution in [2.75, 3.05) is 12.3 Å². The van der Waals surface area contributed by atoms with Crippen LogP contribution in [0.1, 0.15) is 14.6 Å². The number of carbonyl (C=O) groups excluding carboxylic acids is 1. The number of nitrogens with zero attached hydrogens (tertiary/aromatic N) is 5. The van der Waals surface area contributed by atoms with Gasteiger partial charge in [0.2, 0.25) is 0 Å². The van der Waals surface area contributed by atoms with Gasteiger partial charge < -0.3 is 15.4 Å². The Balaban J connectivity index is 1.94. The maximum atomic E-state index is 13.0. The fourth-order valence-corrected chi connectivity index (χ4v) is 2.47. The van der Waals surface area contributed by atoms with E-state index >= 15 is 0 Å². The van der Waals surface area contributed by atoms with Crippen LogP contribution in [0, 0.1) is 11.3 Å². The minimum atomic E-state index is -3.14. The minimum absolute atomic E-state index is 0.0236. The summed E-state index contributed by atoms with van der Waals surface area (Å²) in [5, 5.41) is 24.5. The van der Waals surface area contributed by atoms with Gasteiger partial charge in [-0.25, -0.2) is 0 Å². The van der Waals surface area contributed by atoms with Crippen molar-refractivity contribution >= 4 is 17.3 Å². The average Bonchev–Trinajstić information content (AvgIpc) is 3.17. The zero-order valence-corrected chi connectivity index (χ0v) is 14.6.